The molecule has 0 saturated carbocycles. The zero-order valence-corrected chi connectivity index (χ0v) is 16.5. The van der Waals surface area contributed by atoms with Crippen LogP contribution in [0.4, 0.5) is 0 Å². The predicted molar refractivity (Wildman–Crippen MR) is 102 cm³/mol. The molecule has 1 saturated heterocycles. The van der Waals surface area contributed by atoms with E-state index in [0.29, 0.717) is 44.6 Å². The zero-order valence-electron chi connectivity index (χ0n) is 15.7. The van der Waals surface area contributed by atoms with Crippen LogP contribution < -0.4 is 0 Å². The second-order valence-electron chi connectivity index (χ2n) is 6.81. The van der Waals surface area contributed by atoms with Gasteiger partial charge in [-0.05, 0) is 31.9 Å². The molecule has 0 aromatic carbocycles. The van der Waals surface area contributed by atoms with E-state index in [4.69, 9.17) is 0 Å². The fourth-order valence-corrected chi connectivity index (χ4v) is 4.66. The first-order valence-electron chi connectivity index (χ1n) is 9.00. The molecule has 0 N–H and O–H groups in total. The lowest BCUT2D eigenvalue weighted by atomic mass is 10.0. The van der Waals surface area contributed by atoms with E-state index in [9.17, 15) is 13.2 Å². The van der Waals surface area contributed by atoms with Crippen LogP contribution >= 0.6 is 0 Å². The van der Waals surface area contributed by atoms with Crippen LogP contribution in [0, 0.1) is 6.92 Å². The molecule has 8 nitrogen and oxygen atoms in total. The Bertz CT molecular complexity index is 873. The number of rotatable bonds is 6. The number of carbonyl (C=O) groups excluding carboxylic acids is 1. The number of likely N-dealkylation sites (tertiary alicyclic amines) is 1. The lowest BCUT2D eigenvalue weighted by Gasteiger charge is -2.37. The van der Waals surface area contributed by atoms with E-state index in [1.165, 1.54) is 6.26 Å². The maximum Gasteiger partial charge on any atom is 0.255 e. The van der Waals surface area contributed by atoms with Crippen molar-refractivity contribution in [3.05, 3.63) is 48.3 Å². The lowest BCUT2D eigenvalue weighted by Crippen LogP contribution is -2.49. The summed E-state index contributed by atoms with van der Waals surface area (Å²) < 4.78 is 28.2. The number of pyridine rings is 1. The highest BCUT2D eigenvalue weighted by Crippen LogP contribution is 2.21. The Balaban J connectivity index is 1.62. The molecule has 0 unspecified atom stereocenters. The smallest absolute Gasteiger partial charge is 0.255 e. The molecule has 1 amide bonds. The first-order valence-corrected chi connectivity index (χ1v) is 10.8. The van der Waals surface area contributed by atoms with Crippen molar-refractivity contribution >= 4 is 15.9 Å². The van der Waals surface area contributed by atoms with Gasteiger partial charge in [0.15, 0.2) is 0 Å². The number of aryl methyl sites for hydroxylation is 1. The standard InChI is InChI=1S/C18H25N5O3S/c1-15-20-8-11-21(15)12-13-23(27(2,25)26)17-5-9-22(10-6-17)18(24)16-4-3-7-19-14-16/h3-4,7-8,11,14,17H,5-6,9-10,12-13H2,1-2H3. The summed E-state index contributed by atoms with van der Waals surface area (Å²) in [6.07, 6.45) is 9.26. The van der Waals surface area contributed by atoms with Crippen molar-refractivity contribution < 1.29 is 13.2 Å². The first kappa shape index (κ1) is 19.5. The number of nitrogens with zero attached hydrogens (tertiary/aromatic N) is 5. The Kier molecular flexibility index (Phi) is 5.91. The average Bonchev–Trinajstić information content (AvgIpc) is 3.06. The fraction of sp³-hybridized carbons (Fsp3) is 0.500. The molecular formula is C18H25N5O3S. The molecule has 0 bridgehead atoms. The Morgan fingerprint density at radius 2 is 2.04 bits per heavy atom. The second-order valence-corrected chi connectivity index (χ2v) is 8.74. The first-order chi connectivity index (χ1) is 12.9. The fourth-order valence-electron chi connectivity index (χ4n) is 3.49. The van der Waals surface area contributed by atoms with Gasteiger partial charge in [0.25, 0.3) is 5.91 Å². The highest BCUT2D eigenvalue weighted by atomic mass is 32.2. The van der Waals surface area contributed by atoms with Crippen molar-refractivity contribution in [1.29, 1.82) is 0 Å². The Morgan fingerprint density at radius 3 is 2.59 bits per heavy atom. The van der Waals surface area contributed by atoms with Gasteiger partial charge in [0.05, 0.1) is 11.8 Å². The van der Waals surface area contributed by atoms with Gasteiger partial charge in [-0.25, -0.2) is 13.4 Å². The van der Waals surface area contributed by atoms with Gasteiger partial charge in [0.2, 0.25) is 10.0 Å². The molecule has 0 atom stereocenters. The third-order valence-corrected chi connectivity index (χ3v) is 6.31. The summed E-state index contributed by atoms with van der Waals surface area (Å²) in [6, 6.07) is 3.39. The SMILES string of the molecule is Cc1nccn1CCN(C1CCN(C(=O)c2cccnc2)CC1)S(C)(=O)=O. The molecule has 146 valence electrons. The molecule has 2 aromatic rings. The summed E-state index contributed by atoms with van der Waals surface area (Å²) in [5, 5.41) is 0. The van der Waals surface area contributed by atoms with Gasteiger partial charge in [-0.2, -0.15) is 4.31 Å². The number of piperidine rings is 1. The van der Waals surface area contributed by atoms with Crippen LogP contribution in [-0.4, -0.2) is 70.0 Å². The molecule has 0 spiro atoms. The van der Waals surface area contributed by atoms with E-state index in [-0.39, 0.29) is 11.9 Å². The summed E-state index contributed by atoms with van der Waals surface area (Å²) in [5.41, 5.74) is 0.562. The highest BCUT2D eigenvalue weighted by Gasteiger charge is 2.31. The van der Waals surface area contributed by atoms with E-state index in [2.05, 4.69) is 9.97 Å². The van der Waals surface area contributed by atoms with Gasteiger partial charge in [-0.1, -0.05) is 0 Å². The van der Waals surface area contributed by atoms with Gasteiger partial charge in [0.1, 0.15) is 5.82 Å². The molecule has 1 aliphatic rings. The molecule has 1 fully saturated rings. The Labute approximate surface area is 159 Å². The van der Waals surface area contributed by atoms with Crippen molar-refractivity contribution in [1.82, 2.24) is 23.7 Å². The molecule has 0 radical (unpaired) electrons. The number of sulfonamides is 1. The van der Waals surface area contributed by atoms with Crippen LogP contribution in [0.2, 0.25) is 0 Å². The van der Waals surface area contributed by atoms with Crippen molar-refractivity contribution in [2.45, 2.75) is 32.4 Å². The topological polar surface area (TPSA) is 88.4 Å². The maximum absolute atomic E-state index is 12.5. The molecule has 3 heterocycles. The molecule has 3 rings (SSSR count). The largest absolute Gasteiger partial charge is 0.338 e. The normalized spacial score (nSPS) is 16.0. The highest BCUT2D eigenvalue weighted by molar-refractivity contribution is 7.88. The van der Waals surface area contributed by atoms with E-state index in [1.54, 1.807) is 39.9 Å². The Hall–Kier alpha value is -2.26. The van der Waals surface area contributed by atoms with Crippen molar-refractivity contribution in [3.63, 3.8) is 0 Å². The van der Waals surface area contributed by atoms with Crippen LogP contribution in [0.25, 0.3) is 0 Å². The number of amides is 1. The minimum absolute atomic E-state index is 0.0542. The third-order valence-electron chi connectivity index (χ3n) is 4.98. The van der Waals surface area contributed by atoms with Gasteiger partial charge in [-0.3, -0.25) is 9.78 Å². The summed E-state index contributed by atoms with van der Waals surface area (Å²) in [6.45, 7) is 3.93. The van der Waals surface area contributed by atoms with Gasteiger partial charge >= 0.3 is 0 Å². The number of aromatic nitrogens is 3. The monoisotopic (exact) mass is 391 g/mol. The average molecular weight is 391 g/mol. The quantitative estimate of drug-likeness (QED) is 0.737. The van der Waals surface area contributed by atoms with Crippen LogP contribution in [0.3, 0.4) is 0 Å². The van der Waals surface area contributed by atoms with Crippen LogP contribution in [0.1, 0.15) is 29.0 Å². The number of hydrogen-bond donors (Lipinski definition) is 0. The van der Waals surface area contributed by atoms with Crippen LogP contribution in [0.5, 0.6) is 0 Å². The Morgan fingerprint density at radius 1 is 1.30 bits per heavy atom. The molecule has 2 aromatic heterocycles. The molecule has 1 aliphatic heterocycles. The molecule has 9 heteroatoms. The van der Waals surface area contributed by atoms with Crippen molar-refractivity contribution in [3.8, 4) is 0 Å². The number of carbonyl (C=O) groups is 1. The van der Waals surface area contributed by atoms with Gasteiger partial charge < -0.3 is 9.47 Å². The molecule has 27 heavy (non-hydrogen) atoms. The number of hydrogen-bond acceptors (Lipinski definition) is 5. The van der Waals surface area contributed by atoms with Gasteiger partial charge in [-0.15, -0.1) is 0 Å². The summed E-state index contributed by atoms with van der Waals surface area (Å²) in [7, 11) is -3.33. The van der Waals surface area contributed by atoms with Crippen molar-refractivity contribution in [2.75, 3.05) is 25.9 Å². The van der Waals surface area contributed by atoms with Gasteiger partial charge in [0, 0.05) is 57.0 Å². The minimum Gasteiger partial charge on any atom is -0.338 e. The molecular weight excluding hydrogens is 366 g/mol. The van der Waals surface area contributed by atoms with Crippen LogP contribution in [-0.2, 0) is 16.6 Å². The van der Waals surface area contributed by atoms with E-state index < -0.39 is 10.0 Å². The number of imidazole rings is 1. The van der Waals surface area contributed by atoms with Crippen LogP contribution in [0.15, 0.2) is 36.9 Å². The predicted octanol–water partition coefficient (Wildman–Crippen LogP) is 1.15. The minimum atomic E-state index is -3.33. The van der Waals surface area contributed by atoms with E-state index in [1.807, 2.05) is 17.7 Å². The summed E-state index contributed by atoms with van der Waals surface area (Å²) >= 11 is 0. The molecule has 0 aliphatic carbocycles. The van der Waals surface area contributed by atoms with E-state index >= 15 is 0 Å². The van der Waals surface area contributed by atoms with Crippen molar-refractivity contribution in [2.24, 2.45) is 0 Å². The third kappa shape index (κ3) is 4.72. The maximum atomic E-state index is 12.5. The second kappa shape index (κ2) is 8.18. The van der Waals surface area contributed by atoms with E-state index in [0.717, 1.165) is 5.82 Å². The summed E-state index contributed by atoms with van der Waals surface area (Å²) in [4.78, 5) is 22.5. The zero-order chi connectivity index (χ0) is 19.4. The summed E-state index contributed by atoms with van der Waals surface area (Å²) in [5.74, 6) is 0.807. The lowest BCUT2D eigenvalue weighted by molar-refractivity contribution is 0.0677.